The normalized spacial score (nSPS) is 11.6. The van der Waals surface area contributed by atoms with E-state index in [0.29, 0.717) is 19.0 Å². The van der Waals surface area contributed by atoms with Crippen LogP contribution in [0.15, 0.2) is 34.6 Å². The largest absolute Gasteiger partial charge is 0.497 e. The molecule has 0 unspecified atom stereocenters. The summed E-state index contributed by atoms with van der Waals surface area (Å²) in [6.45, 7) is 8.48. The number of nitrogens with one attached hydrogen (secondary N) is 2. The number of aromatic nitrogens is 1. The molecule has 0 saturated heterocycles. The fraction of sp³-hybridized carbons (Fsp3) is 0.444. The molecule has 6 heteroatoms. The minimum atomic E-state index is 0.463. The monoisotopic (exact) mass is 346 g/mol. The highest BCUT2D eigenvalue weighted by Crippen LogP contribution is 2.17. The van der Waals surface area contributed by atoms with Crippen LogP contribution in [0, 0.1) is 0 Å². The van der Waals surface area contributed by atoms with Gasteiger partial charge < -0.3 is 15.4 Å². The smallest absolute Gasteiger partial charge is 0.191 e. The predicted octanol–water partition coefficient (Wildman–Crippen LogP) is 3.53. The lowest BCUT2D eigenvalue weighted by atomic mass is 10.2. The molecule has 0 spiro atoms. The van der Waals surface area contributed by atoms with Gasteiger partial charge >= 0.3 is 0 Å². The van der Waals surface area contributed by atoms with Gasteiger partial charge in [-0.3, -0.25) is 0 Å². The molecular weight excluding hydrogens is 320 g/mol. The molecule has 0 atom stereocenters. The van der Waals surface area contributed by atoms with Gasteiger partial charge in [-0.15, -0.1) is 11.3 Å². The zero-order valence-corrected chi connectivity index (χ0v) is 15.6. The van der Waals surface area contributed by atoms with Gasteiger partial charge in [-0.25, -0.2) is 9.98 Å². The van der Waals surface area contributed by atoms with Crippen molar-refractivity contribution in [1.82, 2.24) is 15.6 Å². The summed E-state index contributed by atoms with van der Waals surface area (Å²) in [5, 5.41) is 9.81. The van der Waals surface area contributed by atoms with E-state index in [1.807, 2.05) is 24.3 Å². The van der Waals surface area contributed by atoms with Crippen molar-refractivity contribution in [2.45, 2.75) is 39.8 Å². The third-order valence-corrected chi connectivity index (χ3v) is 4.33. The Labute approximate surface area is 148 Å². The van der Waals surface area contributed by atoms with Crippen LogP contribution in [0.4, 0.5) is 0 Å². The third-order valence-electron chi connectivity index (χ3n) is 3.47. The van der Waals surface area contributed by atoms with E-state index >= 15 is 0 Å². The molecule has 2 rings (SSSR count). The molecule has 0 amide bonds. The molecule has 2 N–H and O–H groups in total. The minimum Gasteiger partial charge on any atom is -0.497 e. The summed E-state index contributed by atoms with van der Waals surface area (Å²) in [7, 11) is 1.67. The summed E-state index contributed by atoms with van der Waals surface area (Å²) in [6.07, 6.45) is 0. The van der Waals surface area contributed by atoms with Crippen LogP contribution < -0.4 is 15.4 Å². The fourth-order valence-corrected chi connectivity index (χ4v) is 3.01. The minimum absolute atomic E-state index is 0.463. The number of hydrogen-bond acceptors (Lipinski definition) is 4. The van der Waals surface area contributed by atoms with E-state index in [1.165, 1.54) is 0 Å². The maximum absolute atomic E-state index is 5.25. The molecule has 0 saturated carbocycles. The van der Waals surface area contributed by atoms with Crippen molar-refractivity contribution in [2.75, 3.05) is 13.7 Å². The highest BCUT2D eigenvalue weighted by atomic mass is 32.1. The third kappa shape index (κ3) is 5.53. The Bertz CT molecular complexity index is 667. The van der Waals surface area contributed by atoms with E-state index in [0.717, 1.165) is 34.5 Å². The number of thiazole rings is 1. The summed E-state index contributed by atoms with van der Waals surface area (Å²) >= 11 is 1.68. The SMILES string of the molecule is CCNC(=NCc1cccc(OC)c1)NCc1nc(C(C)C)cs1. The highest BCUT2D eigenvalue weighted by Gasteiger charge is 2.06. The summed E-state index contributed by atoms with van der Waals surface area (Å²) in [5.41, 5.74) is 2.26. The van der Waals surface area contributed by atoms with Crippen LogP contribution in [0.25, 0.3) is 0 Å². The summed E-state index contributed by atoms with van der Waals surface area (Å²) in [4.78, 5) is 9.27. The van der Waals surface area contributed by atoms with Gasteiger partial charge in [0.2, 0.25) is 0 Å². The maximum atomic E-state index is 5.25. The summed E-state index contributed by atoms with van der Waals surface area (Å²) in [5.74, 6) is 2.11. The van der Waals surface area contributed by atoms with Crippen LogP contribution >= 0.6 is 11.3 Å². The van der Waals surface area contributed by atoms with E-state index < -0.39 is 0 Å². The maximum Gasteiger partial charge on any atom is 0.191 e. The molecule has 0 radical (unpaired) electrons. The van der Waals surface area contributed by atoms with E-state index in [1.54, 1.807) is 18.4 Å². The Morgan fingerprint density at radius 1 is 1.33 bits per heavy atom. The van der Waals surface area contributed by atoms with Gasteiger partial charge in [0.05, 0.1) is 25.9 Å². The molecule has 1 aromatic heterocycles. The first kappa shape index (κ1) is 18.3. The molecule has 130 valence electrons. The Morgan fingerprint density at radius 2 is 2.17 bits per heavy atom. The molecule has 24 heavy (non-hydrogen) atoms. The van der Waals surface area contributed by atoms with Crippen molar-refractivity contribution < 1.29 is 4.74 Å². The zero-order valence-electron chi connectivity index (χ0n) is 14.8. The number of ether oxygens (including phenoxy) is 1. The Morgan fingerprint density at radius 3 is 2.83 bits per heavy atom. The number of rotatable bonds is 7. The van der Waals surface area contributed by atoms with Crippen molar-refractivity contribution in [3.8, 4) is 5.75 Å². The van der Waals surface area contributed by atoms with Crippen molar-refractivity contribution >= 4 is 17.3 Å². The molecule has 2 aromatic rings. The van der Waals surface area contributed by atoms with Crippen LogP contribution in [-0.2, 0) is 13.1 Å². The second kappa shape index (κ2) is 9.27. The van der Waals surface area contributed by atoms with Crippen molar-refractivity contribution in [3.63, 3.8) is 0 Å². The molecule has 1 heterocycles. The van der Waals surface area contributed by atoms with E-state index in [4.69, 9.17) is 4.74 Å². The summed E-state index contributed by atoms with van der Waals surface area (Å²) < 4.78 is 5.25. The van der Waals surface area contributed by atoms with Crippen molar-refractivity contribution in [2.24, 2.45) is 4.99 Å². The van der Waals surface area contributed by atoms with Gasteiger partial charge in [-0.2, -0.15) is 0 Å². The average molecular weight is 347 g/mol. The number of hydrogen-bond donors (Lipinski definition) is 2. The first-order valence-electron chi connectivity index (χ1n) is 8.21. The summed E-state index contributed by atoms with van der Waals surface area (Å²) in [6, 6.07) is 7.96. The Kier molecular flexibility index (Phi) is 7.06. The Hall–Kier alpha value is -2.08. The van der Waals surface area contributed by atoms with Gasteiger partial charge in [0, 0.05) is 11.9 Å². The molecule has 1 aromatic carbocycles. The van der Waals surface area contributed by atoms with Crippen LogP contribution in [0.1, 0.15) is 43.0 Å². The number of benzene rings is 1. The van der Waals surface area contributed by atoms with Crippen LogP contribution in [0.3, 0.4) is 0 Å². The molecule has 0 bridgehead atoms. The van der Waals surface area contributed by atoms with E-state index in [2.05, 4.69) is 46.8 Å². The van der Waals surface area contributed by atoms with Crippen LogP contribution in [-0.4, -0.2) is 24.6 Å². The predicted molar refractivity (Wildman–Crippen MR) is 101 cm³/mol. The Balaban J connectivity index is 1.96. The second-order valence-corrected chi connectivity index (χ2v) is 6.66. The standard InChI is InChI=1S/C18H26N4OS/c1-5-19-18(20-10-14-7-6-8-15(9-14)23-4)21-11-17-22-16(12-24-17)13(2)3/h6-9,12-13H,5,10-11H2,1-4H3,(H2,19,20,21). The van der Waals surface area contributed by atoms with Gasteiger partial charge in [0.1, 0.15) is 10.8 Å². The van der Waals surface area contributed by atoms with Gasteiger partial charge in [-0.05, 0) is 30.5 Å². The van der Waals surface area contributed by atoms with Gasteiger partial charge in [0.15, 0.2) is 5.96 Å². The molecule has 5 nitrogen and oxygen atoms in total. The van der Waals surface area contributed by atoms with Crippen molar-refractivity contribution in [3.05, 3.63) is 45.9 Å². The van der Waals surface area contributed by atoms with E-state index in [-0.39, 0.29) is 0 Å². The van der Waals surface area contributed by atoms with Crippen LogP contribution in [0.2, 0.25) is 0 Å². The zero-order chi connectivity index (χ0) is 17.4. The molecule has 0 aliphatic carbocycles. The topological polar surface area (TPSA) is 58.5 Å². The lowest BCUT2D eigenvalue weighted by Gasteiger charge is -2.10. The van der Waals surface area contributed by atoms with Crippen LogP contribution in [0.5, 0.6) is 5.75 Å². The molecule has 0 aliphatic heterocycles. The first-order valence-corrected chi connectivity index (χ1v) is 9.09. The first-order chi connectivity index (χ1) is 11.6. The number of nitrogens with zero attached hydrogens (tertiary/aromatic N) is 2. The number of aliphatic imine (C=N–C) groups is 1. The van der Waals surface area contributed by atoms with Gasteiger partial charge in [0.25, 0.3) is 0 Å². The molecular formula is C18H26N4OS. The molecule has 0 aliphatic rings. The number of methoxy groups -OCH3 is 1. The molecule has 0 fully saturated rings. The lowest BCUT2D eigenvalue weighted by molar-refractivity contribution is 0.414. The number of guanidine groups is 1. The highest BCUT2D eigenvalue weighted by molar-refractivity contribution is 7.09. The average Bonchev–Trinajstić information content (AvgIpc) is 3.07. The lowest BCUT2D eigenvalue weighted by Crippen LogP contribution is -2.36. The van der Waals surface area contributed by atoms with Gasteiger partial charge in [-0.1, -0.05) is 26.0 Å². The van der Waals surface area contributed by atoms with Crippen molar-refractivity contribution in [1.29, 1.82) is 0 Å². The quantitative estimate of drug-likeness (QED) is 0.595. The van der Waals surface area contributed by atoms with E-state index in [9.17, 15) is 0 Å². The fourth-order valence-electron chi connectivity index (χ4n) is 2.11. The second-order valence-electron chi connectivity index (χ2n) is 5.72.